The molecule has 120 valence electrons. The summed E-state index contributed by atoms with van der Waals surface area (Å²) in [6, 6.07) is 10.8. The van der Waals surface area contributed by atoms with Gasteiger partial charge in [0.1, 0.15) is 0 Å². The van der Waals surface area contributed by atoms with E-state index in [0.717, 1.165) is 24.2 Å². The van der Waals surface area contributed by atoms with Gasteiger partial charge >= 0.3 is 0 Å². The second kappa shape index (κ2) is 10.9. The minimum absolute atomic E-state index is 0.746. The first-order valence-electron chi connectivity index (χ1n) is 8.64. The molecule has 2 nitrogen and oxygen atoms in total. The van der Waals surface area contributed by atoms with Crippen LogP contribution in [0.1, 0.15) is 64.9 Å². The highest BCUT2D eigenvalue weighted by atomic mass is 15.1. The van der Waals surface area contributed by atoms with E-state index < -0.39 is 0 Å². The summed E-state index contributed by atoms with van der Waals surface area (Å²) in [5.74, 6) is 0. The van der Waals surface area contributed by atoms with Crippen LogP contribution < -0.4 is 4.90 Å². The van der Waals surface area contributed by atoms with Crippen LogP contribution in [0.5, 0.6) is 0 Å². The molecule has 22 heavy (non-hydrogen) atoms. The number of unbranched alkanes of at least 4 members (excludes halogenated alkanes) is 4. The molecule has 0 aliphatic carbocycles. The zero-order valence-electron chi connectivity index (χ0n) is 14.4. The summed E-state index contributed by atoms with van der Waals surface area (Å²) in [4.78, 5) is 2.51. The van der Waals surface area contributed by atoms with Crippen molar-refractivity contribution in [3.63, 3.8) is 0 Å². The first-order valence-corrected chi connectivity index (χ1v) is 8.64. The third-order valence-electron chi connectivity index (χ3n) is 3.88. The third-order valence-corrected chi connectivity index (χ3v) is 3.88. The highest BCUT2D eigenvalue weighted by Crippen LogP contribution is 2.18. The van der Waals surface area contributed by atoms with Gasteiger partial charge in [-0.25, -0.2) is 0 Å². The molecule has 1 rings (SSSR count). The maximum Gasteiger partial charge on any atom is 0.0944 e. The van der Waals surface area contributed by atoms with Crippen LogP contribution in [0, 0.1) is 11.3 Å². The quantitative estimate of drug-likeness (QED) is 0.403. The highest BCUT2D eigenvalue weighted by molar-refractivity contribution is 5.59. The van der Waals surface area contributed by atoms with Crippen LogP contribution in [0.2, 0.25) is 0 Å². The van der Waals surface area contributed by atoms with Gasteiger partial charge in [0.2, 0.25) is 0 Å². The molecule has 0 atom stereocenters. The highest BCUT2D eigenvalue weighted by Gasteiger charge is 2.06. The minimum Gasteiger partial charge on any atom is -0.372 e. The first-order chi connectivity index (χ1) is 10.7. The van der Waals surface area contributed by atoms with Gasteiger partial charge in [-0.05, 0) is 43.5 Å². The summed E-state index contributed by atoms with van der Waals surface area (Å²) in [5.41, 5.74) is 3.15. The van der Waals surface area contributed by atoms with Gasteiger partial charge in [-0.15, -0.1) is 0 Å². The van der Waals surface area contributed by atoms with E-state index in [9.17, 15) is 0 Å². The van der Waals surface area contributed by atoms with Crippen LogP contribution in [-0.4, -0.2) is 13.1 Å². The largest absolute Gasteiger partial charge is 0.372 e. The molecule has 0 fully saturated rings. The predicted octanol–water partition coefficient (Wildman–Crippen LogP) is 5.80. The number of anilines is 1. The van der Waals surface area contributed by atoms with Crippen LogP contribution in [-0.2, 0) is 0 Å². The molecule has 1 aromatic carbocycles. The van der Waals surface area contributed by atoms with E-state index in [-0.39, 0.29) is 0 Å². The Bertz CT molecular complexity index is 469. The smallest absolute Gasteiger partial charge is 0.0944 e. The van der Waals surface area contributed by atoms with Crippen molar-refractivity contribution in [2.45, 2.75) is 59.3 Å². The lowest BCUT2D eigenvalue weighted by atomic mass is 10.1. The Balaban J connectivity index is 2.73. The lowest BCUT2D eigenvalue weighted by Gasteiger charge is -2.25. The van der Waals surface area contributed by atoms with Gasteiger partial charge in [0.05, 0.1) is 6.07 Å². The monoisotopic (exact) mass is 298 g/mol. The maximum absolute atomic E-state index is 8.85. The van der Waals surface area contributed by atoms with Crippen molar-refractivity contribution in [3.05, 3.63) is 35.4 Å². The third kappa shape index (κ3) is 6.80. The Labute approximate surface area is 136 Å². The van der Waals surface area contributed by atoms with Crippen LogP contribution in [0.4, 0.5) is 5.69 Å². The molecule has 0 bridgehead atoms. The van der Waals surface area contributed by atoms with Crippen molar-refractivity contribution in [2.75, 3.05) is 18.0 Å². The lowest BCUT2D eigenvalue weighted by Crippen LogP contribution is -2.25. The first kappa shape index (κ1) is 18.3. The van der Waals surface area contributed by atoms with Crippen molar-refractivity contribution in [2.24, 2.45) is 0 Å². The molecule has 0 amide bonds. The van der Waals surface area contributed by atoms with Gasteiger partial charge in [0, 0.05) is 24.4 Å². The summed E-state index contributed by atoms with van der Waals surface area (Å²) < 4.78 is 0. The average molecular weight is 298 g/mol. The van der Waals surface area contributed by atoms with Gasteiger partial charge in [-0.2, -0.15) is 5.26 Å². The summed E-state index contributed by atoms with van der Waals surface area (Å²) in [7, 11) is 0. The number of rotatable bonds is 10. The Hall–Kier alpha value is -1.75. The Morgan fingerprint density at radius 3 is 2.00 bits per heavy atom. The van der Waals surface area contributed by atoms with E-state index >= 15 is 0 Å². The molecular formula is C20H30N2. The van der Waals surface area contributed by atoms with Gasteiger partial charge in [-0.3, -0.25) is 0 Å². The molecule has 0 saturated carbocycles. The molecule has 0 N–H and O–H groups in total. The van der Waals surface area contributed by atoms with E-state index in [2.05, 4.69) is 49.1 Å². The number of nitrogens with zero attached hydrogens (tertiary/aromatic N) is 2. The molecule has 1 aromatic rings. The van der Waals surface area contributed by atoms with E-state index in [4.69, 9.17) is 5.26 Å². The number of allylic oxidation sites excluding steroid dienone is 1. The molecule has 0 heterocycles. The number of hydrogen-bond acceptors (Lipinski definition) is 2. The summed E-state index contributed by atoms with van der Waals surface area (Å²) in [6.45, 7) is 8.63. The standard InChI is InChI=1S/C20H30N2/c1-4-6-8-14-22(15-9-7-5-2)20-12-10-19(11-13-20)16-18(3)17-21/h10-13,16H,4-9,14-15H2,1-3H3/b18-16-. The second-order valence-electron chi connectivity index (χ2n) is 5.93. The predicted molar refractivity (Wildman–Crippen MR) is 97.0 cm³/mol. The normalized spacial score (nSPS) is 11.3. The molecule has 0 unspecified atom stereocenters. The summed E-state index contributed by atoms with van der Waals surface area (Å²) >= 11 is 0. The topological polar surface area (TPSA) is 27.0 Å². The Morgan fingerprint density at radius 2 is 1.55 bits per heavy atom. The zero-order chi connectivity index (χ0) is 16.2. The molecule has 0 aliphatic heterocycles. The van der Waals surface area contributed by atoms with Crippen molar-refractivity contribution in [1.29, 1.82) is 5.26 Å². The molecule has 2 heteroatoms. The van der Waals surface area contributed by atoms with E-state index in [0.29, 0.717) is 0 Å². The number of hydrogen-bond donors (Lipinski definition) is 0. The second-order valence-corrected chi connectivity index (χ2v) is 5.93. The molecule has 0 aliphatic rings. The van der Waals surface area contributed by atoms with Crippen molar-refractivity contribution in [1.82, 2.24) is 0 Å². The number of nitriles is 1. The molecule has 0 aromatic heterocycles. The average Bonchev–Trinajstić information content (AvgIpc) is 2.54. The van der Waals surface area contributed by atoms with E-state index in [1.54, 1.807) is 0 Å². The lowest BCUT2D eigenvalue weighted by molar-refractivity contribution is 0.636. The Kier molecular flexibility index (Phi) is 9.07. The Morgan fingerprint density at radius 1 is 1.00 bits per heavy atom. The van der Waals surface area contributed by atoms with Crippen molar-refractivity contribution in [3.8, 4) is 6.07 Å². The van der Waals surface area contributed by atoms with Crippen LogP contribution >= 0.6 is 0 Å². The summed E-state index contributed by atoms with van der Waals surface area (Å²) in [5, 5.41) is 8.85. The molecule has 0 spiro atoms. The van der Waals surface area contributed by atoms with Gasteiger partial charge in [-0.1, -0.05) is 51.7 Å². The summed E-state index contributed by atoms with van der Waals surface area (Å²) in [6.07, 6.45) is 9.58. The fourth-order valence-electron chi connectivity index (χ4n) is 2.54. The van der Waals surface area contributed by atoms with Crippen molar-refractivity contribution >= 4 is 11.8 Å². The van der Waals surface area contributed by atoms with E-state index in [1.807, 2.05) is 13.0 Å². The van der Waals surface area contributed by atoms with Crippen LogP contribution in [0.25, 0.3) is 6.08 Å². The van der Waals surface area contributed by atoms with Crippen LogP contribution in [0.3, 0.4) is 0 Å². The zero-order valence-corrected chi connectivity index (χ0v) is 14.4. The number of benzene rings is 1. The molecule has 0 saturated heterocycles. The van der Waals surface area contributed by atoms with Crippen molar-refractivity contribution < 1.29 is 0 Å². The van der Waals surface area contributed by atoms with Gasteiger partial charge < -0.3 is 4.90 Å². The van der Waals surface area contributed by atoms with Crippen LogP contribution in [0.15, 0.2) is 29.8 Å². The maximum atomic E-state index is 8.85. The SMILES string of the molecule is CCCCCN(CCCCC)c1ccc(/C=C(/C)C#N)cc1. The molecule has 0 radical (unpaired) electrons. The van der Waals surface area contributed by atoms with Gasteiger partial charge in [0.15, 0.2) is 0 Å². The fraction of sp³-hybridized carbons (Fsp3) is 0.550. The fourth-order valence-corrected chi connectivity index (χ4v) is 2.54. The van der Waals surface area contributed by atoms with E-state index in [1.165, 1.54) is 44.2 Å². The van der Waals surface area contributed by atoms with Gasteiger partial charge in [0.25, 0.3) is 0 Å². The minimum atomic E-state index is 0.746. The molecular weight excluding hydrogens is 268 g/mol.